The van der Waals surface area contributed by atoms with Crippen molar-refractivity contribution in [3.63, 3.8) is 0 Å². The number of nitrogens with one attached hydrogen (secondary N) is 2. The largest absolute Gasteiger partial charge is 0.379 e. The van der Waals surface area contributed by atoms with Crippen molar-refractivity contribution in [1.82, 2.24) is 30.2 Å². The van der Waals surface area contributed by atoms with Crippen LogP contribution in [-0.4, -0.2) is 85.6 Å². The second-order valence-electron chi connectivity index (χ2n) is 7.71. The van der Waals surface area contributed by atoms with Crippen LogP contribution in [0.2, 0.25) is 0 Å². The number of aromatic nitrogens is 2. The average Bonchev–Trinajstić information content (AvgIpc) is 3.41. The number of aliphatic imine (C=N–C) groups is 1. The Kier molecular flexibility index (Phi) is 11.2. The van der Waals surface area contributed by atoms with E-state index in [0.717, 1.165) is 51.9 Å². The molecule has 0 amide bonds. The van der Waals surface area contributed by atoms with Crippen LogP contribution in [0.1, 0.15) is 29.4 Å². The lowest BCUT2D eigenvalue weighted by atomic mass is 10.1. The highest BCUT2D eigenvalue weighted by molar-refractivity contribution is 14.0. The predicted octanol–water partition coefficient (Wildman–Crippen LogP) is 2.33. The van der Waals surface area contributed by atoms with Gasteiger partial charge in [-0.05, 0) is 32.5 Å². The molecule has 3 rings (SSSR count). The van der Waals surface area contributed by atoms with E-state index < -0.39 is 0 Å². The maximum absolute atomic E-state index is 5.55. The van der Waals surface area contributed by atoms with Crippen molar-refractivity contribution in [1.29, 1.82) is 0 Å². The minimum absolute atomic E-state index is 0. The Morgan fingerprint density at radius 3 is 2.68 bits per heavy atom. The van der Waals surface area contributed by atoms with Gasteiger partial charge in [0.1, 0.15) is 0 Å². The summed E-state index contributed by atoms with van der Waals surface area (Å²) in [5.41, 5.74) is 1.19. The van der Waals surface area contributed by atoms with E-state index in [2.05, 4.69) is 70.3 Å². The fraction of sp³-hybridized carbons (Fsp3) is 0.619. The quantitative estimate of drug-likeness (QED) is 0.279. The number of likely N-dealkylation sites (N-methyl/N-ethyl adjacent to an activating group) is 1. The van der Waals surface area contributed by atoms with Crippen molar-refractivity contribution in [3.8, 4) is 0 Å². The van der Waals surface area contributed by atoms with Gasteiger partial charge < -0.3 is 20.3 Å². The molecular formula is C21H36IN7OS. The second kappa shape index (κ2) is 13.4. The zero-order valence-corrected chi connectivity index (χ0v) is 22.1. The minimum Gasteiger partial charge on any atom is -0.379 e. The van der Waals surface area contributed by atoms with Gasteiger partial charge in [-0.15, -0.1) is 35.3 Å². The maximum Gasteiger partial charge on any atom is 0.191 e. The first-order valence-corrected chi connectivity index (χ1v) is 11.5. The fourth-order valence-electron chi connectivity index (χ4n) is 3.68. The third-order valence-corrected chi connectivity index (χ3v) is 6.29. The zero-order chi connectivity index (χ0) is 21.3. The zero-order valence-electron chi connectivity index (χ0n) is 19.0. The Bertz CT molecular complexity index is 775. The lowest BCUT2D eigenvalue weighted by Crippen LogP contribution is -2.43. The molecule has 1 saturated heterocycles. The van der Waals surface area contributed by atoms with Gasteiger partial charge in [-0.2, -0.15) is 5.10 Å². The van der Waals surface area contributed by atoms with Gasteiger partial charge in [-0.3, -0.25) is 14.6 Å². The molecule has 1 fully saturated rings. The van der Waals surface area contributed by atoms with Gasteiger partial charge in [0, 0.05) is 49.9 Å². The Hall–Kier alpha value is -1.21. The Morgan fingerprint density at radius 2 is 2.10 bits per heavy atom. The van der Waals surface area contributed by atoms with Crippen molar-refractivity contribution in [2.75, 3.05) is 60.0 Å². The molecule has 0 aliphatic carbocycles. The van der Waals surface area contributed by atoms with Crippen LogP contribution in [0.5, 0.6) is 0 Å². The number of halogens is 1. The van der Waals surface area contributed by atoms with Crippen LogP contribution >= 0.6 is 35.3 Å². The fourth-order valence-corrected chi connectivity index (χ4v) is 4.53. The van der Waals surface area contributed by atoms with Gasteiger partial charge in [0.15, 0.2) is 5.96 Å². The van der Waals surface area contributed by atoms with Gasteiger partial charge in [-0.25, -0.2) is 0 Å². The summed E-state index contributed by atoms with van der Waals surface area (Å²) in [4.78, 5) is 11.0. The molecule has 0 spiro atoms. The van der Waals surface area contributed by atoms with Crippen molar-refractivity contribution < 1.29 is 4.74 Å². The topological polar surface area (TPSA) is 70.0 Å². The molecule has 2 N–H and O–H groups in total. The molecule has 0 aromatic carbocycles. The Balaban J connectivity index is 0.00000341. The van der Waals surface area contributed by atoms with Crippen molar-refractivity contribution >= 4 is 41.3 Å². The summed E-state index contributed by atoms with van der Waals surface area (Å²) < 4.78 is 7.40. The van der Waals surface area contributed by atoms with Gasteiger partial charge in [0.05, 0.1) is 38.0 Å². The number of hydrogen-bond acceptors (Lipinski definition) is 6. The van der Waals surface area contributed by atoms with Crippen LogP contribution in [-0.2, 0) is 11.8 Å². The van der Waals surface area contributed by atoms with Crippen LogP contribution < -0.4 is 10.6 Å². The number of rotatable bonds is 9. The van der Waals surface area contributed by atoms with Crippen LogP contribution in [0.15, 0.2) is 34.9 Å². The van der Waals surface area contributed by atoms with Crippen LogP contribution in [0.25, 0.3) is 0 Å². The normalized spacial score (nSPS) is 17.3. The molecule has 10 heteroatoms. The monoisotopic (exact) mass is 561 g/mol. The number of guanidine groups is 1. The van der Waals surface area contributed by atoms with Crippen LogP contribution in [0, 0.1) is 0 Å². The predicted molar refractivity (Wildman–Crippen MR) is 138 cm³/mol. The summed E-state index contributed by atoms with van der Waals surface area (Å²) in [6.45, 7) is 7.88. The molecule has 2 unspecified atom stereocenters. The van der Waals surface area contributed by atoms with Gasteiger partial charge >= 0.3 is 0 Å². The highest BCUT2D eigenvalue weighted by atomic mass is 127. The van der Waals surface area contributed by atoms with E-state index in [-0.39, 0.29) is 36.1 Å². The first-order valence-electron chi connectivity index (χ1n) is 10.6. The van der Waals surface area contributed by atoms with Crippen LogP contribution in [0.4, 0.5) is 0 Å². The summed E-state index contributed by atoms with van der Waals surface area (Å²) in [7, 11) is 6.13. The maximum atomic E-state index is 5.55. The van der Waals surface area contributed by atoms with E-state index in [4.69, 9.17) is 9.73 Å². The van der Waals surface area contributed by atoms with E-state index in [9.17, 15) is 0 Å². The molecule has 8 nitrogen and oxygen atoms in total. The third-order valence-electron chi connectivity index (χ3n) is 5.32. The number of morpholine rings is 1. The molecule has 3 heterocycles. The summed E-state index contributed by atoms with van der Waals surface area (Å²) in [5, 5.41) is 13.4. The molecule has 2 aromatic rings. The van der Waals surface area contributed by atoms with E-state index in [0.29, 0.717) is 0 Å². The molecule has 174 valence electrons. The number of ether oxygens (including phenoxy) is 1. The lowest BCUT2D eigenvalue weighted by molar-refractivity contribution is 0.0186. The van der Waals surface area contributed by atoms with Crippen molar-refractivity contribution in [2.45, 2.75) is 19.0 Å². The molecule has 2 aromatic heterocycles. The number of thiophene rings is 1. The molecule has 0 radical (unpaired) electrons. The highest BCUT2D eigenvalue weighted by Gasteiger charge is 2.23. The van der Waals surface area contributed by atoms with Gasteiger partial charge in [0.25, 0.3) is 0 Å². The molecule has 2 atom stereocenters. The number of nitrogens with zero attached hydrogens (tertiary/aromatic N) is 5. The van der Waals surface area contributed by atoms with E-state index in [1.165, 1.54) is 10.4 Å². The lowest BCUT2D eigenvalue weighted by Gasteiger charge is -2.33. The average molecular weight is 562 g/mol. The number of aryl methyl sites for hydroxylation is 1. The number of hydrogen-bond donors (Lipinski definition) is 2. The van der Waals surface area contributed by atoms with Crippen molar-refractivity contribution in [2.24, 2.45) is 12.0 Å². The molecule has 0 bridgehead atoms. The van der Waals surface area contributed by atoms with Crippen molar-refractivity contribution in [3.05, 3.63) is 40.3 Å². The Morgan fingerprint density at radius 1 is 1.32 bits per heavy atom. The highest BCUT2D eigenvalue weighted by Crippen LogP contribution is 2.26. The molecule has 31 heavy (non-hydrogen) atoms. The van der Waals surface area contributed by atoms with E-state index >= 15 is 0 Å². The van der Waals surface area contributed by atoms with E-state index in [1.807, 2.05) is 17.9 Å². The first-order chi connectivity index (χ1) is 14.6. The second-order valence-corrected chi connectivity index (χ2v) is 8.69. The summed E-state index contributed by atoms with van der Waals surface area (Å²) in [5.74, 6) is 0.850. The molecule has 1 aliphatic heterocycles. The Labute approximate surface area is 207 Å². The SMILES string of the molecule is CCNC(=NCC(c1cccs1)N1CCOCC1)NCC(c1cnn(C)c1)N(C)C.I. The standard InChI is InChI=1S/C21H35N7OS.HI/c1-5-22-21(23-14-18(26(2)3)17-13-25-27(4)16-17)24-15-19(20-7-6-12-30-20)28-8-10-29-11-9-28;/h6-7,12-13,16,18-19H,5,8-11,14-15H2,1-4H3,(H2,22,23,24);1H. The summed E-state index contributed by atoms with van der Waals surface area (Å²) >= 11 is 1.80. The first kappa shape index (κ1) is 26.0. The van der Waals surface area contributed by atoms with Gasteiger partial charge in [-0.1, -0.05) is 6.07 Å². The molecule has 0 saturated carbocycles. The minimum atomic E-state index is 0. The van der Waals surface area contributed by atoms with Gasteiger partial charge in [0.2, 0.25) is 0 Å². The summed E-state index contributed by atoms with van der Waals surface area (Å²) in [6, 6.07) is 4.84. The molecule has 1 aliphatic rings. The summed E-state index contributed by atoms with van der Waals surface area (Å²) in [6.07, 6.45) is 4.00. The third kappa shape index (κ3) is 7.70. The van der Waals surface area contributed by atoms with E-state index in [1.54, 1.807) is 11.3 Å². The van der Waals surface area contributed by atoms with Crippen LogP contribution in [0.3, 0.4) is 0 Å². The molecular weight excluding hydrogens is 525 g/mol. The smallest absolute Gasteiger partial charge is 0.191 e.